The lowest BCUT2D eigenvalue weighted by Gasteiger charge is -2.15. The molecule has 30 heavy (non-hydrogen) atoms. The van der Waals surface area contributed by atoms with Crippen molar-refractivity contribution in [2.75, 3.05) is 6.61 Å². The third-order valence-corrected chi connectivity index (χ3v) is 5.55. The van der Waals surface area contributed by atoms with Crippen molar-refractivity contribution in [2.24, 2.45) is 0 Å². The van der Waals surface area contributed by atoms with Gasteiger partial charge < -0.3 is 4.74 Å². The van der Waals surface area contributed by atoms with Crippen LogP contribution in [0.3, 0.4) is 0 Å². The molecule has 1 heterocycles. The number of hydrogen-bond acceptors (Lipinski definition) is 3. The number of aromatic nitrogens is 2. The summed E-state index contributed by atoms with van der Waals surface area (Å²) in [6.45, 7) is 5.16. The summed E-state index contributed by atoms with van der Waals surface area (Å²) in [6.07, 6.45) is 0.688. The van der Waals surface area contributed by atoms with Crippen LogP contribution in [-0.2, 0) is 6.54 Å². The lowest BCUT2D eigenvalue weighted by atomic mass is 10.1. The van der Waals surface area contributed by atoms with Crippen molar-refractivity contribution in [3.63, 3.8) is 0 Å². The fraction of sp³-hybridized carbons (Fsp3) is 0.200. The summed E-state index contributed by atoms with van der Waals surface area (Å²) < 4.78 is 7.71. The van der Waals surface area contributed by atoms with Gasteiger partial charge in [-0.15, -0.1) is 0 Å². The highest BCUT2D eigenvalue weighted by Gasteiger charge is 2.13. The van der Waals surface area contributed by atoms with Crippen LogP contribution in [0.5, 0.6) is 5.75 Å². The maximum atomic E-state index is 13.2. The molecule has 0 saturated heterocycles. The second kappa shape index (κ2) is 8.72. The topological polar surface area (TPSA) is 44.1 Å². The van der Waals surface area contributed by atoms with Crippen molar-refractivity contribution in [1.82, 2.24) is 9.55 Å². The number of halogens is 1. The lowest BCUT2D eigenvalue weighted by molar-refractivity contribution is 0.299. The molecule has 0 aliphatic rings. The summed E-state index contributed by atoms with van der Waals surface area (Å²) in [5, 5.41) is 1.26. The van der Waals surface area contributed by atoms with Gasteiger partial charge in [-0.1, -0.05) is 35.9 Å². The first kappa shape index (κ1) is 20.2. The van der Waals surface area contributed by atoms with Gasteiger partial charge in [0.1, 0.15) is 11.6 Å². The van der Waals surface area contributed by atoms with E-state index in [1.807, 2.05) is 60.7 Å². The highest BCUT2D eigenvalue weighted by atomic mass is 35.5. The van der Waals surface area contributed by atoms with Crippen molar-refractivity contribution in [3.8, 4) is 17.1 Å². The Bertz CT molecular complexity index is 1250. The molecule has 0 amide bonds. The normalized spacial score (nSPS) is 11.0. The first-order valence-corrected chi connectivity index (χ1v) is 10.4. The summed E-state index contributed by atoms with van der Waals surface area (Å²) >= 11 is 6.04. The summed E-state index contributed by atoms with van der Waals surface area (Å²) in [4.78, 5) is 18.0. The third kappa shape index (κ3) is 4.10. The molecule has 0 unspecified atom stereocenters. The fourth-order valence-corrected chi connectivity index (χ4v) is 3.61. The number of rotatable bonds is 6. The maximum absolute atomic E-state index is 13.2. The smallest absolute Gasteiger partial charge is 0.261 e. The number of aryl methyl sites for hydroxylation is 1. The molecular formula is C25H23ClN2O2. The summed E-state index contributed by atoms with van der Waals surface area (Å²) in [5.41, 5.74) is 3.85. The van der Waals surface area contributed by atoms with Crippen molar-refractivity contribution in [1.29, 1.82) is 0 Å². The average Bonchev–Trinajstić information content (AvgIpc) is 2.76. The van der Waals surface area contributed by atoms with Crippen LogP contribution in [-0.4, -0.2) is 16.2 Å². The Balaban J connectivity index is 1.62. The van der Waals surface area contributed by atoms with Gasteiger partial charge in [-0.2, -0.15) is 0 Å². The van der Waals surface area contributed by atoms with Crippen LogP contribution in [0.25, 0.3) is 22.3 Å². The minimum absolute atomic E-state index is 0.0442. The molecule has 1 aromatic heterocycles. The monoisotopic (exact) mass is 418 g/mol. The predicted molar refractivity (Wildman–Crippen MR) is 122 cm³/mol. The van der Waals surface area contributed by atoms with Crippen LogP contribution in [0.1, 0.15) is 17.5 Å². The van der Waals surface area contributed by atoms with Gasteiger partial charge >= 0.3 is 0 Å². The van der Waals surface area contributed by atoms with Gasteiger partial charge in [0, 0.05) is 17.1 Å². The van der Waals surface area contributed by atoms with Crippen LogP contribution in [0.4, 0.5) is 0 Å². The van der Waals surface area contributed by atoms with E-state index in [1.165, 1.54) is 5.56 Å². The number of nitrogens with zero attached hydrogens (tertiary/aromatic N) is 2. The van der Waals surface area contributed by atoms with Gasteiger partial charge in [0.05, 0.1) is 17.5 Å². The lowest BCUT2D eigenvalue weighted by Crippen LogP contribution is -2.24. The number of para-hydroxylation sites is 1. The minimum atomic E-state index is -0.0442. The molecule has 0 atom stereocenters. The van der Waals surface area contributed by atoms with E-state index >= 15 is 0 Å². The van der Waals surface area contributed by atoms with Crippen LogP contribution >= 0.6 is 11.6 Å². The van der Waals surface area contributed by atoms with Crippen LogP contribution < -0.4 is 10.3 Å². The zero-order chi connectivity index (χ0) is 21.1. The van der Waals surface area contributed by atoms with E-state index in [0.29, 0.717) is 41.3 Å². The second-order valence-electron chi connectivity index (χ2n) is 7.32. The third-order valence-electron chi connectivity index (χ3n) is 5.30. The summed E-state index contributed by atoms with van der Waals surface area (Å²) in [7, 11) is 0. The highest BCUT2D eigenvalue weighted by Crippen LogP contribution is 2.23. The minimum Gasteiger partial charge on any atom is -0.493 e. The van der Waals surface area contributed by atoms with E-state index in [1.54, 1.807) is 4.57 Å². The Kier molecular flexibility index (Phi) is 5.86. The molecule has 4 nitrogen and oxygen atoms in total. The second-order valence-corrected chi connectivity index (χ2v) is 7.75. The molecule has 0 aliphatic heterocycles. The number of fused-ring (bicyclic) bond motifs is 1. The molecule has 0 N–H and O–H groups in total. The Morgan fingerprint density at radius 2 is 1.73 bits per heavy atom. The van der Waals surface area contributed by atoms with E-state index in [2.05, 4.69) is 19.9 Å². The van der Waals surface area contributed by atoms with E-state index in [9.17, 15) is 4.79 Å². The number of hydrogen-bond donors (Lipinski definition) is 0. The molecule has 0 fully saturated rings. The van der Waals surface area contributed by atoms with E-state index in [4.69, 9.17) is 21.3 Å². The molecule has 0 radical (unpaired) electrons. The Hall–Kier alpha value is -3.11. The van der Waals surface area contributed by atoms with E-state index < -0.39 is 0 Å². The standard InChI is InChI=1S/C25H23ClN2O2/c1-17-7-5-10-23(18(17)2)30-16-6-15-28-24(19-11-13-20(26)14-12-19)27-22-9-4-3-8-21(22)25(28)29/h3-5,7-14H,6,15-16H2,1-2H3. The molecule has 0 saturated carbocycles. The highest BCUT2D eigenvalue weighted by molar-refractivity contribution is 6.30. The molecule has 4 aromatic rings. The van der Waals surface area contributed by atoms with Gasteiger partial charge in [0.25, 0.3) is 5.56 Å². The SMILES string of the molecule is Cc1cccc(OCCCn2c(-c3ccc(Cl)cc3)nc3ccccc3c2=O)c1C. The first-order valence-electron chi connectivity index (χ1n) is 9.99. The molecule has 4 rings (SSSR count). The van der Waals surface area contributed by atoms with Crippen molar-refractivity contribution in [2.45, 2.75) is 26.8 Å². The van der Waals surface area contributed by atoms with Gasteiger partial charge in [-0.05, 0) is 73.9 Å². The largest absolute Gasteiger partial charge is 0.493 e. The van der Waals surface area contributed by atoms with Gasteiger partial charge in [0.15, 0.2) is 0 Å². The van der Waals surface area contributed by atoms with Crippen molar-refractivity contribution >= 4 is 22.5 Å². The molecule has 0 aliphatic carbocycles. The molecule has 3 aromatic carbocycles. The van der Waals surface area contributed by atoms with Crippen LogP contribution in [0.2, 0.25) is 5.02 Å². The molecule has 0 spiro atoms. The molecule has 0 bridgehead atoms. The fourth-order valence-electron chi connectivity index (χ4n) is 3.48. The summed E-state index contributed by atoms with van der Waals surface area (Å²) in [6, 6.07) is 20.9. The zero-order valence-electron chi connectivity index (χ0n) is 17.1. The summed E-state index contributed by atoms with van der Waals surface area (Å²) in [5.74, 6) is 1.53. The van der Waals surface area contributed by atoms with Crippen molar-refractivity contribution < 1.29 is 4.74 Å². The van der Waals surface area contributed by atoms with Crippen LogP contribution in [0, 0.1) is 13.8 Å². The van der Waals surface area contributed by atoms with E-state index in [0.717, 1.165) is 16.9 Å². The molecule has 5 heteroatoms. The zero-order valence-corrected chi connectivity index (χ0v) is 17.8. The Labute approximate surface area is 180 Å². The number of benzene rings is 3. The first-order chi connectivity index (χ1) is 14.5. The van der Waals surface area contributed by atoms with Crippen molar-refractivity contribution in [3.05, 3.63) is 93.2 Å². The average molecular weight is 419 g/mol. The van der Waals surface area contributed by atoms with E-state index in [-0.39, 0.29) is 5.56 Å². The quantitative estimate of drug-likeness (QED) is 0.371. The van der Waals surface area contributed by atoms with Crippen LogP contribution in [0.15, 0.2) is 71.5 Å². The molecule has 152 valence electrons. The van der Waals surface area contributed by atoms with Gasteiger partial charge in [-0.3, -0.25) is 9.36 Å². The van der Waals surface area contributed by atoms with Gasteiger partial charge in [0.2, 0.25) is 0 Å². The Morgan fingerprint density at radius 1 is 0.967 bits per heavy atom. The maximum Gasteiger partial charge on any atom is 0.261 e. The van der Waals surface area contributed by atoms with Gasteiger partial charge in [-0.25, -0.2) is 4.98 Å². The Morgan fingerprint density at radius 3 is 2.53 bits per heavy atom. The molecular weight excluding hydrogens is 396 g/mol. The number of ether oxygens (including phenoxy) is 1. The predicted octanol–water partition coefficient (Wildman–Crippen LogP) is 5.80.